The van der Waals surface area contributed by atoms with Crippen LogP contribution in [0.2, 0.25) is 0 Å². The summed E-state index contributed by atoms with van der Waals surface area (Å²) in [4.78, 5) is 98.0. The Labute approximate surface area is 677 Å². The number of Topliss-reactive ketones (excluding diaryl/α,β-unsaturated/α-hetero) is 2. The first-order chi connectivity index (χ1) is 47.6. The summed E-state index contributed by atoms with van der Waals surface area (Å²) in [5.41, 5.74) is 4.14. The predicted molar refractivity (Wildman–Crippen MR) is 458 cm³/mol. The number of anilines is 3. The second kappa shape index (κ2) is 50.3. The highest BCUT2D eigenvalue weighted by atomic mass is 79.9. The molecule has 2 aliphatic rings. The summed E-state index contributed by atoms with van der Waals surface area (Å²) < 4.78 is 57.0. The monoisotopic (exact) mass is 1940 g/mol. The number of rotatable bonds is 14. The number of aromatic nitrogens is 8. The number of ketones is 2. The number of aliphatic carboxylic acids is 1. The van der Waals surface area contributed by atoms with Gasteiger partial charge in [0.25, 0.3) is 11.8 Å². The van der Waals surface area contributed by atoms with E-state index in [1.54, 1.807) is 168 Å². The van der Waals surface area contributed by atoms with Crippen LogP contribution in [0, 0.1) is 19.3 Å². The van der Waals surface area contributed by atoms with Crippen LogP contribution in [-0.4, -0.2) is 134 Å². The summed E-state index contributed by atoms with van der Waals surface area (Å²) in [7, 11) is 22.1. The zero-order chi connectivity index (χ0) is 74.0. The van der Waals surface area contributed by atoms with Gasteiger partial charge in [-0.1, -0.05) is 31.7 Å². The van der Waals surface area contributed by atoms with Crippen molar-refractivity contribution in [2.45, 2.75) is 78.4 Å². The molecular formula is C53H53Br2ClF4N14O7S21. The van der Waals surface area contributed by atoms with E-state index in [4.69, 9.17) is 10.5 Å². The standard InChI is InChI=1S/C26H22BrF2N7O3.C16H16N4O3.C10H10BrF2N3O.CH4.ClH.S8.S7.S6/c1-14(37)24-18-8-16(17-10-30-15(2)31-11-17)6-7-19(18)36(34-24)12-23(38)35-13-26(28,29)9-20(35)25(39)33-22-5-3-4-21(27)32-22;1-9(21)16(17)13-5-11(12-6-18-10(2)19-7-12)3-4-14(13)20-8-15(22)23;11-7-2-1-3-8(15-7)16-9(17)6-4-10(12,13)5-14-6;;;1-3-5-7-8-6-4-2;1-3-5-7-6-4-2;1-3-5-6-4-2/h3-8,10-11,20H,9,12-13H2,1-2H3,(H,32,33,39);3-7,17,20H,8H2,1-2H3,(H,22,23);1-3,6,14H,4-5H2,(H,15,16,17);1H4;1H;;;/t20-;;6-;;;;;/m0.0...../s1. The van der Waals surface area contributed by atoms with Gasteiger partial charge in [-0.05, 0) is 105 Å². The molecule has 21 nitrogen and oxygen atoms in total. The number of likely N-dealkylation sites (tertiary alicyclic amines) is 1. The summed E-state index contributed by atoms with van der Waals surface area (Å²) in [6.07, 6.45) is 5.33. The average Bonchev–Trinajstić information content (AvgIpc) is 1.63. The lowest BCUT2D eigenvalue weighted by molar-refractivity contribution is -0.137. The van der Waals surface area contributed by atoms with Crippen LogP contribution in [0.15, 0.2) is 107 Å². The quantitative estimate of drug-likeness (QED) is 0.0257. The molecule has 2 aromatic carbocycles. The molecule has 0 bridgehead atoms. The number of amides is 3. The maximum Gasteiger partial charge on any atom is 0.322 e. The van der Waals surface area contributed by atoms with Crippen molar-refractivity contribution < 1.29 is 51.4 Å². The fourth-order valence-corrected chi connectivity index (χ4v) is 33.6. The first-order valence-electron chi connectivity index (χ1n) is 26.8. The molecule has 7 heterocycles. The fourth-order valence-electron chi connectivity index (χ4n) is 8.18. The zero-order valence-corrected chi connectivity index (χ0v) is 72.4. The van der Waals surface area contributed by atoms with E-state index in [-0.39, 0.29) is 49.4 Å². The summed E-state index contributed by atoms with van der Waals surface area (Å²) in [5.74, 6) is -8.05. The van der Waals surface area contributed by atoms with Gasteiger partial charge in [0.05, 0.1) is 24.6 Å². The number of hydrogen-bond acceptors (Lipinski definition) is 22. The van der Waals surface area contributed by atoms with E-state index in [9.17, 15) is 46.3 Å². The fraction of sp³-hybridized carbons (Fsp3) is 0.283. The summed E-state index contributed by atoms with van der Waals surface area (Å²) >= 11 is 33.7. The summed E-state index contributed by atoms with van der Waals surface area (Å²) in [6.45, 7) is 4.08. The van der Waals surface area contributed by atoms with Crippen LogP contribution in [0.25, 0.3) is 33.2 Å². The normalized spacial score (nSPS) is 13.6. The second-order valence-corrected chi connectivity index (χ2v) is 47.2. The lowest BCUT2D eigenvalue weighted by Crippen LogP contribution is -2.44. The molecule has 2 atom stereocenters. The first-order valence-corrected chi connectivity index (χ1v) is 52.4. The van der Waals surface area contributed by atoms with Gasteiger partial charge in [0.1, 0.15) is 63.0 Å². The number of aryl methyl sites for hydroxylation is 2. The van der Waals surface area contributed by atoms with E-state index in [0.29, 0.717) is 48.8 Å². The molecule has 9 rings (SSSR count). The smallest absolute Gasteiger partial charge is 0.322 e. The Bertz CT molecular complexity index is 4850. The lowest BCUT2D eigenvalue weighted by atomic mass is 9.99. The predicted octanol–water partition coefficient (Wildman–Crippen LogP) is 8.73. The van der Waals surface area contributed by atoms with Crippen molar-refractivity contribution in [2.24, 2.45) is 0 Å². The zero-order valence-electron chi connectivity index (χ0n) is 51.3. The number of benzene rings is 2. The van der Waals surface area contributed by atoms with Crippen molar-refractivity contribution in [3.63, 3.8) is 0 Å². The van der Waals surface area contributed by atoms with E-state index in [1.165, 1.54) is 95.6 Å². The molecule has 0 aliphatic carbocycles. The van der Waals surface area contributed by atoms with Gasteiger partial charge in [-0.15, -0.1) is 12.4 Å². The molecule has 49 heteroatoms. The molecule has 552 valence electrons. The van der Waals surface area contributed by atoms with Crippen LogP contribution in [0.3, 0.4) is 0 Å². The summed E-state index contributed by atoms with van der Waals surface area (Å²) in [5, 5.41) is 31.7. The van der Waals surface area contributed by atoms with E-state index in [0.717, 1.165) is 27.2 Å². The molecule has 2 saturated heterocycles. The van der Waals surface area contributed by atoms with Crippen molar-refractivity contribution >= 4 is 314 Å². The molecule has 0 unspecified atom stereocenters. The minimum Gasteiger partial charge on any atom is -0.480 e. The maximum absolute atomic E-state index is 14.4. The minimum atomic E-state index is -3.25. The highest BCUT2D eigenvalue weighted by Crippen LogP contribution is 2.34. The Morgan fingerprint density at radius 2 is 1.11 bits per heavy atom. The van der Waals surface area contributed by atoms with Crippen LogP contribution < -0.4 is 21.3 Å². The number of alkyl halides is 4. The largest absolute Gasteiger partial charge is 0.480 e. The van der Waals surface area contributed by atoms with Gasteiger partial charge < -0.3 is 26.0 Å². The Kier molecular flexibility index (Phi) is 46.7. The first kappa shape index (κ1) is 94.7. The number of fused-ring (bicyclic) bond motifs is 1. The second-order valence-electron chi connectivity index (χ2n) is 19.1. The number of nitrogens with zero attached hydrogens (tertiary/aromatic N) is 9. The number of nitrogens with one attached hydrogen (secondary N) is 5. The molecule has 102 heavy (non-hydrogen) atoms. The van der Waals surface area contributed by atoms with Crippen molar-refractivity contribution in [3.05, 3.63) is 130 Å². The number of hydrogen-bond donors (Lipinski definition) is 6. The molecule has 2 fully saturated rings. The topological polar surface area (TPSA) is 293 Å². The molecule has 0 spiro atoms. The number of pyridine rings is 2. The molecule has 0 saturated carbocycles. The molecule has 2 aliphatic heterocycles. The Morgan fingerprint density at radius 1 is 0.647 bits per heavy atom. The van der Waals surface area contributed by atoms with Crippen LogP contribution in [-0.2, 0) is 231 Å². The van der Waals surface area contributed by atoms with Crippen LogP contribution >= 0.6 is 44.3 Å². The molecule has 6 N–H and O–H groups in total. The van der Waals surface area contributed by atoms with Gasteiger partial charge in [0, 0.05) is 280 Å². The van der Waals surface area contributed by atoms with Gasteiger partial charge >= 0.3 is 5.97 Å². The highest BCUT2D eigenvalue weighted by Gasteiger charge is 2.50. The van der Waals surface area contributed by atoms with E-state index >= 15 is 0 Å². The van der Waals surface area contributed by atoms with Gasteiger partial charge in [0.2, 0.25) is 17.7 Å². The molecule has 5 aromatic heterocycles. The van der Waals surface area contributed by atoms with Gasteiger partial charge in [0.15, 0.2) is 11.6 Å². The Morgan fingerprint density at radius 3 is 1.55 bits per heavy atom. The van der Waals surface area contributed by atoms with Gasteiger partial charge in [-0.2, -0.15) is 5.10 Å². The number of carbonyl (C=O) groups excluding carboxylic acids is 5. The Hall–Kier alpha value is -3.39. The van der Waals surface area contributed by atoms with Crippen molar-refractivity contribution in [2.75, 3.05) is 35.6 Å². The number of carboxylic acid groups (broad SMARTS) is 1. The lowest BCUT2D eigenvalue weighted by Gasteiger charge is -2.23. The molecular weight excluding hydrogens is 1890 g/mol. The third-order valence-corrected chi connectivity index (χ3v) is 39.8. The van der Waals surface area contributed by atoms with Crippen molar-refractivity contribution in [1.82, 2.24) is 49.9 Å². The van der Waals surface area contributed by atoms with E-state index < -0.39 is 85.9 Å². The SMILES string of the molecule is C.CC(=O)C(=N)c1cc(-c2cnc(C)nc2)ccc1NCC(=O)O.CC(=O)c1nn(CC(=O)N2CC(F)(F)C[C@H]2C(=O)Nc2cccc(Br)n2)c2ccc(-c3cnc(C)nc3)cc12.Cl.O=C(Nc1cccc(Br)n1)[C@@H]1CC(F)(F)CN1.S=S=S=S=S=S.S=S=S=S=S=S=S.S=S=S=S=S=S=S=S. The minimum absolute atomic E-state index is 0. The van der Waals surface area contributed by atoms with Crippen molar-refractivity contribution in [1.29, 1.82) is 5.41 Å². The Balaban J connectivity index is 0.000000476. The molecule has 0 radical (unpaired) electrons. The number of halogens is 7. The number of carbonyl (C=O) groups is 6. The van der Waals surface area contributed by atoms with E-state index in [2.05, 4.69) is 155 Å². The van der Waals surface area contributed by atoms with Gasteiger partial charge in [-0.25, -0.2) is 47.5 Å². The van der Waals surface area contributed by atoms with Gasteiger partial charge in [-0.3, -0.25) is 44.2 Å². The molecule has 7 aromatic rings. The van der Waals surface area contributed by atoms with Crippen LogP contribution in [0.4, 0.5) is 34.9 Å². The summed E-state index contributed by atoms with van der Waals surface area (Å²) in [6, 6.07) is 17.8. The molecule has 3 amide bonds. The third-order valence-electron chi connectivity index (χ3n) is 12.3. The van der Waals surface area contributed by atoms with Crippen LogP contribution in [0.5, 0.6) is 0 Å². The van der Waals surface area contributed by atoms with E-state index in [1.807, 2.05) is 0 Å². The van der Waals surface area contributed by atoms with Crippen LogP contribution in [0.1, 0.15) is 61.8 Å². The average molecular weight is 1940 g/mol. The third kappa shape index (κ3) is 34.2. The highest BCUT2D eigenvalue weighted by molar-refractivity contribution is 9.10. The van der Waals surface area contributed by atoms with Crippen molar-refractivity contribution in [3.8, 4) is 22.3 Å². The number of carboxylic acids is 1. The maximum atomic E-state index is 14.4.